The highest BCUT2D eigenvalue weighted by Crippen LogP contribution is 2.47. The minimum atomic E-state index is -4.76. The van der Waals surface area contributed by atoms with Gasteiger partial charge in [0.05, 0.1) is 13.2 Å². The Hall–Kier alpha value is -1.64. The van der Waals surface area contributed by atoms with Gasteiger partial charge in [-0.25, -0.2) is 4.68 Å². The minimum Gasteiger partial charge on any atom is -0.396 e. The molecule has 0 radical (unpaired) electrons. The van der Waals surface area contributed by atoms with Crippen LogP contribution in [-0.2, 0) is 12.7 Å². The lowest BCUT2D eigenvalue weighted by molar-refractivity contribution is -0.145. The van der Waals surface area contributed by atoms with Gasteiger partial charge in [-0.05, 0) is 12.8 Å². The fourth-order valence-electron chi connectivity index (χ4n) is 1.73. The Bertz CT molecular complexity index is 479. The molecule has 0 spiro atoms. The number of amides is 1. The lowest BCUT2D eigenvalue weighted by Crippen LogP contribution is -2.25. The van der Waals surface area contributed by atoms with Gasteiger partial charge in [0.1, 0.15) is 0 Å². The summed E-state index contributed by atoms with van der Waals surface area (Å²) in [6.45, 7) is -0.352. The summed E-state index contributed by atoms with van der Waals surface area (Å²) >= 11 is 0. The number of primary amides is 1. The van der Waals surface area contributed by atoms with Gasteiger partial charge in [0.25, 0.3) is 5.91 Å². The van der Waals surface area contributed by atoms with Crippen molar-refractivity contribution in [3.8, 4) is 0 Å². The first-order chi connectivity index (χ1) is 8.29. The van der Waals surface area contributed by atoms with Crippen LogP contribution in [0.25, 0.3) is 0 Å². The third kappa shape index (κ3) is 2.17. The van der Waals surface area contributed by atoms with E-state index < -0.39 is 28.9 Å². The number of nitrogens with zero attached hydrogens (tertiary/aromatic N) is 3. The van der Waals surface area contributed by atoms with E-state index in [9.17, 15) is 18.0 Å². The summed E-state index contributed by atoms with van der Waals surface area (Å²) in [6.07, 6.45) is -3.53. The first-order valence-electron chi connectivity index (χ1n) is 5.20. The number of nitrogens with two attached hydrogens (primary N) is 1. The average molecular weight is 264 g/mol. The average Bonchev–Trinajstić information content (AvgIpc) is 2.87. The monoisotopic (exact) mass is 264 g/mol. The van der Waals surface area contributed by atoms with Crippen molar-refractivity contribution in [1.29, 1.82) is 0 Å². The Balaban J connectivity index is 2.39. The van der Waals surface area contributed by atoms with Gasteiger partial charge in [-0.1, -0.05) is 5.21 Å². The van der Waals surface area contributed by atoms with Crippen molar-refractivity contribution in [3.05, 3.63) is 11.4 Å². The molecule has 1 aliphatic rings. The van der Waals surface area contributed by atoms with Crippen molar-refractivity contribution in [2.45, 2.75) is 25.6 Å². The third-order valence-corrected chi connectivity index (χ3v) is 3.01. The van der Waals surface area contributed by atoms with Crippen LogP contribution in [0.5, 0.6) is 0 Å². The molecule has 1 aromatic heterocycles. The number of carbonyl (C=O) groups is 1. The summed E-state index contributed by atoms with van der Waals surface area (Å²) in [5.74, 6) is -1.28. The Morgan fingerprint density at radius 2 is 2.11 bits per heavy atom. The van der Waals surface area contributed by atoms with E-state index >= 15 is 0 Å². The molecule has 1 heterocycles. The number of aromatic nitrogens is 3. The lowest BCUT2D eigenvalue weighted by Gasteiger charge is -2.15. The summed E-state index contributed by atoms with van der Waals surface area (Å²) < 4.78 is 39.1. The van der Waals surface area contributed by atoms with Gasteiger partial charge in [-0.15, -0.1) is 5.10 Å². The quantitative estimate of drug-likeness (QED) is 0.810. The van der Waals surface area contributed by atoms with E-state index in [2.05, 4.69) is 10.3 Å². The van der Waals surface area contributed by atoms with Crippen LogP contribution < -0.4 is 5.73 Å². The van der Waals surface area contributed by atoms with E-state index in [1.54, 1.807) is 0 Å². The first-order valence-corrected chi connectivity index (χ1v) is 5.20. The molecular weight excluding hydrogens is 253 g/mol. The standard InChI is InChI=1S/C9H11F3N4O2/c10-9(11,12)6-5(7(13)18)14-15-16(6)3-8(4-17)1-2-8/h17H,1-4H2,(H2,13,18). The number of carbonyl (C=O) groups excluding carboxylic acids is 1. The SMILES string of the molecule is NC(=O)c1nnn(CC2(CO)CC2)c1C(F)(F)F. The van der Waals surface area contributed by atoms with Crippen LogP contribution in [0.1, 0.15) is 29.0 Å². The highest BCUT2D eigenvalue weighted by molar-refractivity contribution is 5.91. The number of halogens is 3. The molecule has 9 heteroatoms. The van der Waals surface area contributed by atoms with Gasteiger partial charge in [0.2, 0.25) is 0 Å². The largest absolute Gasteiger partial charge is 0.435 e. The highest BCUT2D eigenvalue weighted by atomic mass is 19.4. The molecule has 1 saturated carbocycles. The van der Waals surface area contributed by atoms with E-state index in [0.717, 1.165) is 0 Å². The zero-order valence-electron chi connectivity index (χ0n) is 9.24. The number of aliphatic hydroxyl groups is 1. The highest BCUT2D eigenvalue weighted by Gasteiger charge is 2.47. The summed E-state index contributed by atoms with van der Waals surface area (Å²) in [6, 6.07) is 0. The fourth-order valence-corrected chi connectivity index (χ4v) is 1.73. The van der Waals surface area contributed by atoms with Crippen molar-refractivity contribution in [2.75, 3.05) is 6.61 Å². The normalized spacial score (nSPS) is 17.8. The van der Waals surface area contributed by atoms with Crippen LogP contribution in [0, 0.1) is 5.41 Å². The molecule has 100 valence electrons. The number of rotatable bonds is 4. The zero-order chi connectivity index (χ0) is 13.6. The maximum Gasteiger partial charge on any atom is 0.435 e. The molecule has 18 heavy (non-hydrogen) atoms. The predicted octanol–water partition coefficient (Wildman–Crippen LogP) is 0.168. The van der Waals surface area contributed by atoms with Crippen molar-refractivity contribution >= 4 is 5.91 Å². The van der Waals surface area contributed by atoms with Crippen molar-refractivity contribution < 1.29 is 23.1 Å². The van der Waals surface area contributed by atoms with E-state index in [0.29, 0.717) is 17.5 Å². The second kappa shape index (κ2) is 3.94. The number of aliphatic hydroxyl groups excluding tert-OH is 1. The van der Waals surface area contributed by atoms with Crippen molar-refractivity contribution in [1.82, 2.24) is 15.0 Å². The maximum atomic E-state index is 12.8. The molecule has 0 unspecified atom stereocenters. The van der Waals surface area contributed by atoms with Crippen LogP contribution in [0.4, 0.5) is 13.2 Å². The molecule has 3 N–H and O–H groups in total. The Kier molecular flexibility index (Phi) is 2.80. The van der Waals surface area contributed by atoms with Crippen molar-refractivity contribution in [2.24, 2.45) is 11.1 Å². The predicted molar refractivity (Wildman–Crippen MR) is 52.3 cm³/mol. The minimum absolute atomic E-state index is 0.126. The Labute approximate surface area is 99.6 Å². The maximum absolute atomic E-state index is 12.8. The van der Waals surface area contributed by atoms with Gasteiger partial charge >= 0.3 is 6.18 Å². The molecule has 0 aromatic carbocycles. The molecule has 1 aliphatic carbocycles. The molecule has 0 saturated heterocycles. The second-order valence-corrected chi connectivity index (χ2v) is 4.46. The van der Waals surface area contributed by atoms with Gasteiger partial charge in [-0.2, -0.15) is 13.2 Å². The van der Waals surface area contributed by atoms with Gasteiger partial charge in [0, 0.05) is 5.41 Å². The van der Waals surface area contributed by atoms with E-state index in [1.807, 2.05) is 0 Å². The smallest absolute Gasteiger partial charge is 0.396 e. The van der Waals surface area contributed by atoms with E-state index in [1.165, 1.54) is 0 Å². The Morgan fingerprint density at radius 1 is 1.50 bits per heavy atom. The van der Waals surface area contributed by atoms with Crippen LogP contribution in [0.3, 0.4) is 0 Å². The molecule has 0 bridgehead atoms. The third-order valence-electron chi connectivity index (χ3n) is 3.01. The summed E-state index contributed by atoms with van der Waals surface area (Å²) in [4.78, 5) is 10.9. The van der Waals surface area contributed by atoms with Crippen molar-refractivity contribution in [3.63, 3.8) is 0 Å². The van der Waals surface area contributed by atoms with E-state index in [4.69, 9.17) is 10.8 Å². The topological polar surface area (TPSA) is 94.0 Å². The lowest BCUT2D eigenvalue weighted by atomic mass is 10.1. The number of alkyl halides is 3. The molecule has 6 nitrogen and oxygen atoms in total. The summed E-state index contributed by atoms with van der Waals surface area (Å²) in [5, 5.41) is 15.6. The fraction of sp³-hybridized carbons (Fsp3) is 0.667. The second-order valence-electron chi connectivity index (χ2n) is 4.46. The van der Waals surface area contributed by atoms with Crippen LogP contribution in [0.15, 0.2) is 0 Å². The van der Waals surface area contributed by atoms with Crippen LogP contribution in [-0.4, -0.2) is 32.6 Å². The van der Waals surface area contributed by atoms with Gasteiger partial charge in [0.15, 0.2) is 11.4 Å². The van der Waals surface area contributed by atoms with Gasteiger partial charge < -0.3 is 10.8 Å². The molecule has 0 aliphatic heterocycles. The number of hydrogen-bond acceptors (Lipinski definition) is 4. The van der Waals surface area contributed by atoms with Crippen LogP contribution >= 0.6 is 0 Å². The van der Waals surface area contributed by atoms with Gasteiger partial charge in [-0.3, -0.25) is 4.79 Å². The molecule has 1 fully saturated rings. The van der Waals surface area contributed by atoms with E-state index in [-0.39, 0.29) is 13.2 Å². The zero-order valence-corrected chi connectivity index (χ0v) is 9.24. The first kappa shape index (κ1) is 12.8. The summed E-state index contributed by atoms with van der Waals surface area (Å²) in [7, 11) is 0. The Morgan fingerprint density at radius 3 is 2.50 bits per heavy atom. The molecular formula is C9H11F3N4O2. The molecule has 0 atom stereocenters. The summed E-state index contributed by atoms with van der Waals surface area (Å²) in [5.41, 5.74) is 2.10. The molecule has 1 aromatic rings. The molecule has 2 rings (SSSR count). The number of hydrogen-bond donors (Lipinski definition) is 2. The van der Waals surface area contributed by atoms with Crippen LogP contribution in [0.2, 0.25) is 0 Å². The molecule has 1 amide bonds.